The van der Waals surface area contributed by atoms with E-state index in [-0.39, 0.29) is 11.3 Å². The smallest absolute Gasteiger partial charge is 0.137 e. The molecule has 0 radical (unpaired) electrons. The Bertz CT molecular complexity index is 416. The molecule has 2 rings (SSSR count). The molecular weight excluding hydrogens is 228 g/mol. The van der Waals surface area contributed by atoms with Gasteiger partial charge in [0.2, 0.25) is 0 Å². The fraction of sp³-hybridized carbons (Fsp3) is 0.667. The minimum absolute atomic E-state index is 0.00197. The summed E-state index contributed by atoms with van der Waals surface area (Å²) in [4.78, 5) is 13.6. The summed E-state index contributed by atoms with van der Waals surface area (Å²) in [6, 6.07) is 2.25. The fourth-order valence-electron chi connectivity index (χ4n) is 2.95. The molecule has 1 aliphatic carbocycles. The SMILES string of the molecule is Cc1cc(C(C)(C)C2CCC(C)CC2=O)cs1. The Morgan fingerprint density at radius 2 is 2.06 bits per heavy atom. The molecule has 1 nitrogen and oxygen atoms in total. The molecule has 1 aromatic heterocycles. The van der Waals surface area contributed by atoms with Crippen molar-refractivity contribution in [2.45, 2.75) is 52.4 Å². The number of ketones is 1. The van der Waals surface area contributed by atoms with Crippen LogP contribution in [0.4, 0.5) is 0 Å². The van der Waals surface area contributed by atoms with Crippen molar-refractivity contribution in [2.75, 3.05) is 0 Å². The Labute approximate surface area is 108 Å². The van der Waals surface area contributed by atoms with E-state index >= 15 is 0 Å². The van der Waals surface area contributed by atoms with Crippen LogP contribution >= 0.6 is 11.3 Å². The highest BCUT2D eigenvalue weighted by Gasteiger charge is 2.39. The number of carbonyl (C=O) groups is 1. The quantitative estimate of drug-likeness (QED) is 0.763. The van der Waals surface area contributed by atoms with Gasteiger partial charge < -0.3 is 0 Å². The minimum Gasteiger partial charge on any atom is -0.299 e. The second-order valence-corrected chi connectivity index (χ2v) is 7.19. The summed E-state index contributed by atoms with van der Waals surface area (Å²) in [7, 11) is 0. The Balaban J connectivity index is 2.23. The monoisotopic (exact) mass is 250 g/mol. The van der Waals surface area contributed by atoms with Crippen LogP contribution in [0.1, 0.15) is 50.5 Å². The average Bonchev–Trinajstić information content (AvgIpc) is 2.64. The first-order valence-corrected chi connectivity index (χ1v) is 7.37. The van der Waals surface area contributed by atoms with Crippen molar-refractivity contribution in [1.29, 1.82) is 0 Å². The summed E-state index contributed by atoms with van der Waals surface area (Å²) < 4.78 is 0. The van der Waals surface area contributed by atoms with Crippen LogP contribution in [0.5, 0.6) is 0 Å². The molecule has 17 heavy (non-hydrogen) atoms. The van der Waals surface area contributed by atoms with Crippen LogP contribution in [-0.2, 0) is 10.2 Å². The summed E-state index contributed by atoms with van der Waals surface area (Å²) in [5.41, 5.74) is 1.34. The number of rotatable bonds is 2. The minimum atomic E-state index is 0.00197. The molecule has 1 aromatic rings. The molecule has 0 amide bonds. The van der Waals surface area contributed by atoms with Crippen molar-refractivity contribution < 1.29 is 4.79 Å². The van der Waals surface area contributed by atoms with Crippen molar-refractivity contribution in [3.63, 3.8) is 0 Å². The highest BCUT2D eigenvalue weighted by Crippen LogP contribution is 2.41. The van der Waals surface area contributed by atoms with Crippen LogP contribution < -0.4 is 0 Å². The Morgan fingerprint density at radius 1 is 1.35 bits per heavy atom. The topological polar surface area (TPSA) is 17.1 Å². The first-order valence-electron chi connectivity index (χ1n) is 6.49. The fourth-order valence-corrected chi connectivity index (χ4v) is 3.83. The van der Waals surface area contributed by atoms with Crippen LogP contribution in [0.2, 0.25) is 0 Å². The molecule has 2 atom stereocenters. The third-order valence-corrected chi connectivity index (χ3v) is 5.09. The average molecular weight is 250 g/mol. The van der Waals surface area contributed by atoms with E-state index in [1.807, 2.05) is 0 Å². The van der Waals surface area contributed by atoms with Crippen molar-refractivity contribution in [2.24, 2.45) is 11.8 Å². The van der Waals surface area contributed by atoms with Gasteiger partial charge in [0.1, 0.15) is 5.78 Å². The third kappa shape index (κ3) is 2.47. The second kappa shape index (κ2) is 4.56. The van der Waals surface area contributed by atoms with E-state index in [1.165, 1.54) is 16.9 Å². The van der Waals surface area contributed by atoms with Gasteiger partial charge >= 0.3 is 0 Å². The Morgan fingerprint density at radius 3 is 2.59 bits per heavy atom. The standard InChI is InChI=1S/C15H22OS/c1-10-5-6-13(14(16)7-10)15(3,4)12-8-11(2)17-9-12/h8-10,13H,5-7H2,1-4H3. The second-order valence-electron chi connectivity index (χ2n) is 6.07. The van der Waals surface area contributed by atoms with Gasteiger partial charge in [-0.05, 0) is 42.7 Å². The lowest BCUT2D eigenvalue weighted by Crippen LogP contribution is -2.38. The number of hydrogen-bond donors (Lipinski definition) is 0. The zero-order valence-electron chi connectivity index (χ0n) is 11.2. The van der Waals surface area contributed by atoms with E-state index in [2.05, 4.69) is 39.1 Å². The molecule has 0 aliphatic heterocycles. The molecule has 2 heteroatoms. The molecule has 0 aromatic carbocycles. The molecule has 0 saturated heterocycles. The van der Waals surface area contributed by atoms with E-state index in [0.29, 0.717) is 11.7 Å². The normalized spacial score (nSPS) is 26.2. The van der Waals surface area contributed by atoms with Crippen LogP contribution in [0.3, 0.4) is 0 Å². The first-order chi connectivity index (χ1) is 7.91. The van der Waals surface area contributed by atoms with Gasteiger partial charge in [-0.1, -0.05) is 20.8 Å². The molecule has 2 unspecified atom stereocenters. The highest BCUT2D eigenvalue weighted by atomic mass is 32.1. The molecule has 1 saturated carbocycles. The van der Waals surface area contributed by atoms with Crippen LogP contribution in [0.25, 0.3) is 0 Å². The van der Waals surface area contributed by atoms with Gasteiger partial charge in [-0.3, -0.25) is 4.79 Å². The maximum absolute atomic E-state index is 12.2. The number of hydrogen-bond acceptors (Lipinski definition) is 2. The maximum atomic E-state index is 12.2. The van der Waals surface area contributed by atoms with Gasteiger partial charge in [0.25, 0.3) is 0 Å². The van der Waals surface area contributed by atoms with Crippen LogP contribution in [0.15, 0.2) is 11.4 Å². The lowest BCUT2D eigenvalue weighted by Gasteiger charge is -2.37. The van der Waals surface area contributed by atoms with Crippen LogP contribution in [0, 0.1) is 18.8 Å². The molecule has 1 fully saturated rings. The third-order valence-electron chi connectivity index (χ3n) is 4.23. The molecular formula is C15H22OS. The van der Waals surface area contributed by atoms with E-state index in [0.717, 1.165) is 12.8 Å². The van der Waals surface area contributed by atoms with E-state index < -0.39 is 0 Å². The van der Waals surface area contributed by atoms with E-state index in [4.69, 9.17) is 0 Å². The predicted octanol–water partition coefficient (Wildman–Crippen LogP) is 4.34. The molecule has 0 N–H and O–H groups in total. The van der Waals surface area contributed by atoms with Gasteiger partial charge in [0.05, 0.1) is 0 Å². The lowest BCUT2D eigenvalue weighted by atomic mass is 9.66. The summed E-state index contributed by atoms with van der Waals surface area (Å²) in [6.45, 7) is 8.78. The summed E-state index contributed by atoms with van der Waals surface area (Å²) in [6.07, 6.45) is 3.03. The zero-order chi connectivity index (χ0) is 12.6. The van der Waals surface area contributed by atoms with E-state index in [1.54, 1.807) is 11.3 Å². The van der Waals surface area contributed by atoms with Gasteiger partial charge in [0, 0.05) is 22.6 Å². The molecule has 94 valence electrons. The number of aryl methyl sites for hydroxylation is 1. The molecule has 0 bridgehead atoms. The lowest BCUT2D eigenvalue weighted by molar-refractivity contribution is -0.128. The van der Waals surface area contributed by atoms with Crippen LogP contribution in [-0.4, -0.2) is 5.78 Å². The first kappa shape index (κ1) is 12.8. The highest BCUT2D eigenvalue weighted by molar-refractivity contribution is 7.10. The molecule has 1 heterocycles. The van der Waals surface area contributed by atoms with Crippen molar-refractivity contribution in [1.82, 2.24) is 0 Å². The van der Waals surface area contributed by atoms with Crippen molar-refractivity contribution in [3.8, 4) is 0 Å². The molecule has 0 spiro atoms. The molecule has 1 aliphatic rings. The predicted molar refractivity (Wildman–Crippen MR) is 73.6 cm³/mol. The Hall–Kier alpha value is -0.630. The van der Waals surface area contributed by atoms with E-state index in [9.17, 15) is 4.79 Å². The summed E-state index contributed by atoms with van der Waals surface area (Å²) in [5.74, 6) is 1.27. The van der Waals surface area contributed by atoms with Gasteiger partial charge in [-0.2, -0.15) is 0 Å². The number of thiophene rings is 1. The number of carbonyl (C=O) groups excluding carboxylic acids is 1. The van der Waals surface area contributed by atoms with Gasteiger partial charge in [-0.15, -0.1) is 11.3 Å². The van der Waals surface area contributed by atoms with Crippen molar-refractivity contribution in [3.05, 3.63) is 21.9 Å². The zero-order valence-corrected chi connectivity index (χ0v) is 12.1. The number of Topliss-reactive ketones (excluding diaryl/α,β-unsaturated/α-hetero) is 1. The summed E-state index contributed by atoms with van der Waals surface area (Å²) >= 11 is 1.79. The van der Waals surface area contributed by atoms with Gasteiger partial charge in [-0.25, -0.2) is 0 Å². The largest absolute Gasteiger partial charge is 0.299 e. The van der Waals surface area contributed by atoms with Gasteiger partial charge in [0.15, 0.2) is 0 Å². The van der Waals surface area contributed by atoms with Crippen molar-refractivity contribution >= 4 is 17.1 Å². The maximum Gasteiger partial charge on any atom is 0.137 e. The Kier molecular flexibility index (Phi) is 3.44. The summed E-state index contributed by atoms with van der Waals surface area (Å²) in [5, 5.41) is 2.22.